The number of benzene rings is 2. The average Bonchev–Trinajstić information content (AvgIpc) is 2.84. The summed E-state index contributed by atoms with van der Waals surface area (Å²) in [5.41, 5.74) is 13.9. The summed E-state index contributed by atoms with van der Waals surface area (Å²) in [5.74, 6) is -0.155. The number of nitrogens with two attached hydrogens (primary N) is 2. The highest BCUT2D eigenvalue weighted by Gasteiger charge is 2.34. The third-order valence-electron chi connectivity index (χ3n) is 6.54. The second-order valence-corrected chi connectivity index (χ2v) is 9.22. The minimum atomic E-state index is -4.56. The molecule has 1 aliphatic rings. The molecule has 1 aliphatic heterocycles. The van der Waals surface area contributed by atoms with Gasteiger partial charge in [0.25, 0.3) is 0 Å². The van der Waals surface area contributed by atoms with Crippen molar-refractivity contribution in [3.8, 4) is 0 Å². The van der Waals surface area contributed by atoms with E-state index < -0.39 is 17.6 Å². The Morgan fingerprint density at radius 1 is 1.00 bits per heavy atom. The molecule has 0 atom stereocenters. The lowest BCUT2D eigenvalue weighted by molar-refractivity contribution is -0.138. The molecule has 6 nitrogen and oxygen atoms in total. The van der Waals surface area contributed by atoms with Crippen LogP contribution in [0.15, 0.2) is 54.7 Å². The first kappa shape index (κ1) is 25.6. The Morgan fingerprint density at radius 2 is 1.67 bits per heavy atom. The molecule has 3 aromatic rings. The number of hydrogen-bond donors (Lipinski definition) is 2. The Bertz CT molecular complexity index is 1190. The third kappa shape index (κ3) is 6.60. The highest BCUT2D eigenvalue weighted by molar-refractivity contribution is 5.77. The predicted molar refractivity (Wildman–Crippen MR) is 132 cm³/mol. The summed E-state index contributed by atoms with van der Waals surface area (Å²) in [7, 11) is 0. The number of nitrogens with zero attached hydrogens (tertiary/aromatic N) is 3. The molecule has 2 heterocycles. The van der Waals surface area contributed by atoms with Gasteiger partial charge >= 0.3 is 6.18 Å². The van der Waals surface area contributed by atoms with Gasteiger partial charge in [-0.05, 0) is 54.5 Å². The van der Waals surface area contributed by atoms with E-state index in [9.17, 15) is 18.0 Å². The zero-order chi connectivity index (χ0) is 25.7. The quantitative estimate of drug-likeness (QED) is 0.493. The normalized spacial score (nSPS) is 14.7. The summed E-state index contributed by atoms with van der Waals surface area (Å²) in [4.78, 5) is 22.0. The molecule has 0 radical (unpaired) electrons. The standard InChI is InChI=1S/C27H30F3N5O/c28-27(29,30)23-17-33-26(15-18-5-8-22(9-6-18)35-13-11-21(31)12-14-35)34-24(23)10-7-19-3-1-2-4-20(19)16-25(32)36/h1-6,8-9,17,21H,7,10-16,31H2,(H2,32,36). The maximum absolute atomic E-state index is 13.7. The number of carbonyl (C=O) groups excluding carboxylic acids is 1. The predicted octanol–water partition coefficient (Wildman–Crippen LogP) is 3.83. The SMILES string of the molecule is NC(=O)Cc1ccccc1CCc1nc(Cc2ccc(N3CCC(N)CC3)cc2)ncc1C(F)(F)F. The molecule has 36 heavy (non-hydrogen) atoms. The van der Waals surface area contributed by atoms with Gasteiger partial charge in [0.2, 0.25) is 5.91 Å². The van der Waals surface area contributed by atoms with Gasteiger partial charge in [0.1, 0.15) is 5.82 Å². The monoisotopic (exact) mass is 497 g/mol. The van der Waals surface area contributed by atoms with Crippen LogP contribution in [0.25, 0.3) is 0 Å². The van der Waals surface area contributed by atoms with Crippen molar-refractivity contribution in [2.24, 2.45) is 11.5 Å². The molecule has 1 amide bonds. The third-order valence-corrected chi connectivity index (χ3v) is 6.54. The van der Waals surface area contributed by atoms with Crippen molar-refractivity contribution in [3.63, 3.8) is 0 Å². The molecule has 0 aliphatic carbocycles. The second kappa shape index (κ2) is 11.1. The van der Waals surface area contributed by atoms with Gasteiger partial charge in [-0.2, -0.15) is 13.2 Å². The molecule has 190 valence electrons. The fourth-order valence-corrected chi connectivity index (χ4v) is 4.55. The molecule has 4 N–H and O–H groups in total. The first-order valence-electron chi connectivity index (χ1n) is 12.1. The summed E-state index contributed by atoms with van der Waals surface area (Å²) in [6.45, 7) is 1.82. The molecule has 0 unspecified atom stereocenters. The zero-order valence-electron chi connectivity index (χ0n) is 20.0. The van der Waals surface area contributed by atoms with E-state index >= 15 is 0 Å². The minimum absolute atomic E-state index is 0.0392. The highest BCUT2D eigenvalue weighted by atomic mass is 19.4. The fraction of sp³-hybridized carbons (Fsp3) is 0.370. The number of alkyl halides is 3. The van der Waals surface area contributed by atoms with Crippen LogP contribution < -0.4 is 16.4 Å². The number of hydrogen-bond acceptors (Lipinski definition) is 5. The topological polar surface area (TPSA) is 98.1 Å². The van der Waals surface area contributed by atoms with Crippen molar-refractivity contribution < 1.29 is 18.0 Å². The number of primary amides is 1. The Balaban J connectivity index is 1.50. The van der Waals surface area contributed by atoms with E-state index in [0.717, 1.165) is 48.9 Å². The molecule has 0 saturated carbocycles. The van der Waals surface area contributed by atoms with Gasteiger partial charge in [0.15, 0.2) is 0 Å². The van der Waals surface area contributed by atoms with Gasteiger partial charge in [-0.15, -0.1) is 0 Å². The zero-order valence-corrected chi connectivity index (χ0v) is 20.0. The van der Waals surface area contributed by atoms with Crippen molar-refractivity contribution in [1.29, 1.82) is 0 Å². The number of halogens is 3. The number of rotatable bonds is 8. The summed E-state index contributed by atoms with van der Waals surface area (Å²) in [6.07, 6.45) is -1.04. The summed E-state index contributed by atoms with van der Waals surface area (Å²) in [6, 6.07) is 15.3. The van der Waals surface area contributed by atoms with E-state index in [-0.39, 0.29) is 24.6 Å². The lowest BCUT2D eigenvalue weighted by Gasteiger charge is -2.32. The second-order valence-electron chi connectivity index (χ2n) is 9.22. The fourth-order valence-electron chi connectivity index (χ4n) is 4.55. The number of anilines is 1. The van der Waals surface area contributed by atoms with Crippen LogP contribution in [0.2, 0.25) is 0 Å². The van der Waals surface area contributed by atoms with E-state index in [0.29, 0.717) is 24.2 Å². The number of aryl methyl sites for hydroxylation is 2. The minimum Gasteiger partial charge on any atom is -0.371 e. The first-order chi connectivity index (χ1) is 17.2. The molecular formula is C27H30F3N5O. The Hall–Kier alpha value is -3.46. The smallest absolute Gasteiger partial charge is 0.371 e. The van der Waals surface area contributed by atoms with Crippen LogP contribution in [0.1, 0.15) is 46.6 Å². The van der Waals surface area contributed by atoms with Crippen molar-refractivity contribution >= 4 is 11.6 Å². The van der Waals surface area contributed by atoms with Gasteiger partial charge in [-0.25, -0.2) is 9.97 Å². The van der Waals surface area contributed by atoms with Crippen LogP contribution in [-0.2, 0) is 36.7 Å². The molecule has 2 aromatic carbocycles. The van der Waals surface area contributed by atoms with Crippen molar-refractivity contribution in [2.75, 3.05) is 18.0 Å². The largest absolute Gasteiger partial charge is 0.419 e. The van der Waals surface area contributed by atoms with Crippen LogP contribution in [0.4, 0.5) is 18.9 Å². The molecule has 4 rings (SSSR count). The van der Waals surface area contributed by atoms with Crippen molar-refractivity contribution in [1.82, 2.24) is 9.97 Å². The van der Waals surface area contributed by atoms with Crippen LogP contribution in [-0.4, -0.2) is 35.0 Å². The lowest BCUT2D eigenvalue weighted by atomic mass is 9.98. The Labute approximate surface area is 208 Å². The van der Waals surface area contributed by atoms with Gasteiger partial charge in [-0.1, -0.05) is 36.4 Å². The summed E-state index contributed by atoms with van der Waals surface area (Å²) < 4.78 is 41.0. The molecular weight excluding hydrogens is 467 g/mol. The van der Waals surface area contributed by atoms with E-state index in [1.165, 1.54) is 0 Å². The van der Waals surface area contributed by atoms with Gasteiger partial charge in [0.05, 0.1) is 17.7 Å². The van der Waals surface area contributed by atoms with Crippen molar-refractivity contribution in [3.05, 3.63) is 88.5 Å². The highest BCUT2D eigenvalue weighted by Crippen LogP contribution is 2.32. The number of amides is 1. The molecule has 1 aromatic heterocycles. The first-order valence-corrected chi connectivity index (χ1v) is 12.1. The average molecular weight is 498 g/mol. The Kier molecular flexibility index (Phi) is 7.88. The molecule has 0 bridgehead atoms. The number of piperidine rings is 1. The van der Waals surface area contributed by atoms with E-state index in [2.05, 4.69) is 14.9 Å². The molecule has 1 saturated heterocycles. The summed E-state index contributed by atoms with van der Waals surface area (Å²) >= 11 is 0. The lowest BCUT2D eigenvalue weighted by Crippen LogP contribution is -2.39. The maximum Gasteiger partial charge on any atom is 0.419 e. The Morgan fingerprint density at radius 3 is 2.31 bits per heavy atom. The van der Waals surface area contributed by atoms with Gasteiger partial charge < -0.3 is 16.4 Å². The van der Waals surface area contributed by atoms with Gasteiger partial charge in [-0.3, -0.25) is 4.79 Å². The maximum atomic E-state index is 13.7. The van der Waals surface area contributed by atoms with Gasteiger partial charge in [0, 0.05) is 37.4 Å². The molecule has 0 spiro atoms. The van der Waals surface area contributed by atoms with Crippen molar-refractivity contribution in [2.45, 2.75) is 50.7 Å². The number of carbonyl (C=O) groups is 1. The van der Waals surface area contributed by atoms with E-state index in [1.807, 2.05) is 24.3 Å². The molecule has 1 fully saturated rings. The van der Waals surface area contributed by atoms with Crippen LogP contribution >= 0.6 is 0 Å². The van der Waals surface area contributed by atoms with E-state index in [1.54, 1.807) is 24.3 Å². The van der Waals surface area contributed by atoms with Crippen LogP contribution in [0.5, 0.6) is 0 Å². The van der Waals surface area contributed by atoms with E-state index in [4.69, 9.17) is 11.5 Å². The summed E-state index contributed by atoms with van der Waals surface area (Å²) in [5, 5.41) is 0. The van der Waals surface area contributed by atoms with Crippen LogP contribution in [0, 0.1) is 0 Å². The van der Waals surface area contributed by atoms with Crippen LogP contribution in [0.3, 0.4) is 0 Å². The molecule has 9 heteroatoms. The number of aromatic nitrogens is 2.